The Morgan fingerprint density at radius 3 is 2.00 bits per heavy atom. The van der Waals surface area contributed by atoms with Crippen LogP contribution in [0.25, 0.3) is 0 Å². The van der Waals surface area contributed by atoms with Crippen LogP contribution in [0.1, 0.15) is 40.0 Å². The van der Waals surface area contributed by atoms with E-state index in [9.17, 15) is 0 Å². The number of rotatable bonds is 5. The Morgan fingerprint density at radius 1 is 1.33 bits per heavy atom. The molecule has 0 atom stereocenters. The summed E-state index contributed by atoms with van der Waals surface area (Å²) in [6.45, 7) is 8.53. The monoisotopic (exact) mass is 174 g/mol. The van der Waals surface area contributed by atoms with Gasteiger partial charge in [-0.3, -0.25) is 0 Å². The Kier molecular flexibility index (Phi) is 16.3. The van der Waals surface area contributed by atoms with E-state index in [2.05, 4.69) is 26.1 Å². The molecule has 0 amide bonds. The van der Waals surface area contributed by atoms with Gasteiger partial charge in [0.2, 0.25) is 0 Å². The third-order valence-electron chi connectivity index (χ3n) is 1.52. The molecular formula is C10H26N2. The van der Waals surface area contributed by atoms with E-state index < -0.39 is 0 Å². The molecule has 0 aliphatic heterocycles. The molecular weight excluding hydrogens is 148 g/mol. The number of unbranched alkanes of at least 4 members (excludes halogenated alkanes) is 1. The Balaban J connectivity index is 0. The van der Waals surface area contributed by atoms with E-state index in [0.29, 0.717) is 0 Å². The maximum absolute atomic E-state index is 5.23. The van der Waals surface area contributed by atoms with Crippen LogP contribution >= 0.6 is 0 Å². The fraction of sp³-hybridized carbons (Fsp3) is 1.00. The lowest BCUT2D eigenvalue weighted by Crippen LogP contribution is -2.06. The van der Waals surface area contributed by atoms with E-state index in [1.807, 2.05) is 7.05 Å². The zero-order valence-corrected chi connectivity index (χ0v) is 9.19. The Bertz CT molecular complexity index is 58.9. The highest BCUT2D eigenvalue weighted by atomic mass is 14.8. The minimum absolute atomic E-state index is 0.773. The summed E-state index contributed by atoms with van der Waals surface area (Å²) in [7, 11) is 1.98. The predicted molar refractivity (Wildman–Crippen MR) is 57.3 cm³/mol. The van der Waals surface area contributed by atoms with E-state index in [1.165, 1.54) is 12.8 Å². The lowest BCUT2D eigenvalue weighted by Gasteiger charge is -1.96. The van der Waals surface area contributed by atoms with Gasteiger partial charge in [-0.25, -0.2) is 0 Å². The van der Waals surface area contributed by atoms with Crippen LogP contribution < -0.4 is 11.1 Å². The summed E-state index contributed by atoms with van der Waals surface area (Å²) in [6.07, 6.45) is 3.75. The summed E-state index contributed by atoms with van der Waals surface area (Å²) >= 11 is 0. The minimum atomic E-state index is 0.773. The van der Waals surface area contributed by atoms with E-state index in [-0.39, 0.29) is 0 Å². The molecule has 0 aromatic carbocycles. The van der Waals surface area contributed by atoms with Crippen LogP contribution in [0.4, 0.5) is 0 Å². The zero-order chi connectivity index (χ0) is 9.82. The van der Waals surface area contributed by atoms with Crippen LogP contribution in [0.15, 0.2) is 0 Å². The van der Waals surface area contributed by atoms with Gasteiger partial charge in [0.1, 0.15) is 0 Å². The first-order valence-corrected chi connectivity index (χ1v) is 5.03. The molecule has 3 N–H and O–H groups in total. The maximum atomic E-state index is 5.23. The highest BCUT2D eigenvalue weighted by Gasteiger charge is 1.85. The molecule has 76 valence electrons. The quantitative estimate of drug-likeness (QED) is 0.626. The minimum Gasteiger partial charge on any atom is -0.330 e. The van der Waals surface area contributed by atoms with Crippen LogP contribution in [-0.4, -0.2) is 20.1 Å². The zero-order valence-electron chi connectivity index (χ0n) is 9.19. The SMILES string of the molecule is CC(C)CCN.CCCCNC. The van der Waals surface area contributed by atoms with Crippen molar-refractivity contribution in [2.24, 2.45) is 11.7 Å². The van der Waals surface area contributed by atoms with Crippen molar-refractivity contribution in [2.45, 2.75) is 40.0 Å². The summed E-state index contributed by atoms with van der Waals surface area (Å²) in [5.74, 6) is 0.773. The molecule has 2 nitrogen and oxygen atoms in total. The topological polar surface area (TPSA) is 38.0 Å². The molecule has 0 spiro atoms. The average molecular weight is 174 g/mol. The molecule has 0 saturated heterocycles. The van der Waals surface area contributed by atoms with E-state index in [0.717, 1.165) is 25.4 Å². The van der Waals surface area contributed by atoms with Crippen molar-refractivity contribution in [3.8, 4) is 0 Å². The first-order valence-electron chi connectivity index (χ1n) is 5.03. The van der Waals surface area contributed by atoms with E-state index in [1.54, 1.807) is 0 Å². The molecule has 0 radical (unpaired) electrons. The van der Waals surface area contributed by atoms with Crippen molar-refractivity contribution in [2.75, 3.05) is 20.1 Å². The van der Waals surface area contributed by atoms with Crippen molar-refractivity contribution in [1.82, 2.24) is 5.32 Å². The lowest BCUT2D eigenvalue weighted by atomic mass is 10.1. The Morgan fingerprint density at radius 2 is 1.92 bits per heavy atom. The Labute approximate surface area is 77.9 Å². The first kappa shape index (κ1) is 14.4. The molecule has 0 aliphatic rings. The van der Waals surface area contributed by atoms with Gasteiger partial charge in [0.15, 0.2) is 0 Å². The van der Waals surface area contributed by atoms with Crippen molar-refractivity contribution in [1.29, 1.82) is 0 Å². The third kappa shape index (κ3) is 22.5. The highest BCUT2D eigenvalue weighted by molar-refractivity contribution is 4.42. The normalized spacial score (nSPS) is 9.50. The molecule has 12 heavy (non-hydrogen) atoms. The maximum Gasteiger partial charge on any atom is -0.00520 e. The van der Waals surface area contributed by atoms with Crippen LogP contribution in [-0.2, 0) is 0 Å². The second-order valence-electron chi connectivity index (χ2n) is 3.43. The standard InChI is InChI=1S/2C5H13N/c1-5(2)3-4-6;1-3-4-5-6-2/h5H,3-4,6H2,1-2H3;6H,3-5H2,1-2H3. The fourth-order valence-electron chi connectivity index (χ4n) is 0.687. The second-order valence-corrected chi connectivity index (χ2v) is 3.43. The van der Waals surface area contributed by atoms with Gasteiger partial charge in [-0.05, 0) is 38.9 Å². The van der Waals surface area contributed by atoms with E-state index >= 15 is 0 Å². The summed E-state index contributed by atoms with van der Waals surface area (Å²) in [5, 5.41) is 3.07. The average Bonchev–Trinajstić information content (AvgIpc) is 2.02. The van der Waals surface area contributed by atoms with Gasteiger partial charge in [0.05, 0.1) is 0 Å². The van der Waals surface area contributed by atoms with Crippen LogP contribution in [0.3, 0.4) is 0 Å². The number of nitrogens with one attached hydrogen (secondary N) is 1. The van der Waals surface area contributed by atoms with Gasteiger partial charge < -0.3 is 11.1 Å². The summed E-state index contributed by atoms with van der Waals surface area (Å²) in [5.41, 5.74) is 5.23. The van der Waals surface area contributed by atoms with Gasteiger partial charge in [0, 0.05) is 0 Å². The number of hydrogen-bond donors (Lipinski definition) is 2. The molecule has 0 aromatic heterocycles. The summed E-state index contributed by atoms with van der Waals surface area (Å²) < 4.78 is 0. The third-order valence-corrected chi connectivity index (χ3v) is 1.52. The number of nitrogens with two attached hydrogens (primary N) is 1. The predicted octanol–water partition coefficient (Wildman–Crippen LogP) is 2.00. The highest BCUT2D eigenvalue weighted by Crippen LogP contribution is 1.93. The van der Waals surface area contributed by atoms with Gasteiger partial charge in [-0.1, -0.05) is 27.2 Å². The number of hydrogen-bond acceptors (Lipinski definition) is 2. The molecule has 0 aromatic rings. The van der Waals surface area contributed by atoms with Crippen molar-refractivity contribution < 1.29 is 0 Å². The molecule has 0 unspecified atom stereocenters. The van der Waals surface area contributed by atoms with Crippen molar-refractivity contribution in [3.05, 3.63) is 0 Å². The van der Waals surface area contributed by atoms with Crippen LogP contribution in [0, 0.1) is 5.92 Å². The molecule has 2 heteroatoms. The van der Waals surface area contributed by atoms with Gasteiger partial charge in [-0.15, -0.1) is 0 Å². The molecule has 0 aliphatic carbocycles. The lowest BCUT2D eigenvalue weighted by molar-refractivity contribution is 0.596. The second kappa shape index (κ2) is 13.5. The van der Waals surface area contributed by atoms with E-state index in [4.69, 9.17) is 5.73 Å². The van der Waals surface area contributed by atoms with Gasteiger partial charge in [-0.2, -0.15) is 0 Å². The smallest absolute Gasteiger partial charge is 0.00520 e. The van der Waals surface area contributed by atoms with Gasteiger partial charge >= 0.3 is 0 Å². The first-order chi connectivity index (χ1) is 5.68. The summed E-state index contributed by atoms with van der Waals surface area (Å²) in [6, 6.07) is 0. The molecule has 0 bridgehead atoms. The van der Waals surface area contributed by atoms with Crippen molar-refractivity contribution in [3.63, 3.8) is 0 Å². The molecule has 0 heterocycles. The Hall–Kier alpha value is -0.0800. The molecule has 0 saturated carbocycles. The van der Waals surface area contributed by atoms with Gasteiger partial charge in [0.25, 0.3) is 0 Å². The summed E-state index contributed by atoms with van der Waals surface area (Å²) in [4.78, 5) is 0. The fourth-order valence-corrected chi connectivity index (χ4v) is 0.687. The van der Waals surface area contributed by atoms with Crippen LogP contribution in [0.5, 0.6) is 0 Å². The molecule has 0 fully saturated rings. The van der Waals surface area contributed by atoms with Crippen molar-refractivity contribution >= 4 is 0 Å². The van der Waals surface area contributed by atoms with Crippen LogP contribution in [0.2, 0.25) is 0 Å². The largest absolute Gasteiger partial charge is 0.330 e. The molecule has 0 rings (SSSR count).